The highest BCUT2D eigenvalue weighted by molar-refractivity contribution is 7.99. The van der Waals surface area contributed by atoms with Gasteiger partial charge in [0.25, 0.3) is 5.91 Å². The van der Waals surface area contributed by atoms with E-state index in [0.29, 0.717) is 17.5 Å². The van der Waals surface area contributed by atoms with E-state index in [0.717, 1.165) is 24.3 Å². The summed E-state index contributed by atoms with van der Waals surface area (Å²) in [5.74, 6) is 1.73. The molecule has 2 aromatic carbocycles. The number of nitrogens with one attached hydrogen (secondary N) is 1. The molecule has 1 amide bonds. The fourth-order valence-electron chi connectivity index (χ4n) is 2.89. The Kier molecular flexibility index (Phi) is 5.83. The van der Waals surface area contributed by atoms with Crippen molar-refractivity contribution in [3.8, 4) is 11.5 Å². The number of carbonyl (C=O) groups excluding carboxylic acids is 1. The number of fused-ring (bicyclic) bond motifs is 1. The molecule has 25 heavy (non-hydrogen) atoms. The van der Waals surface area contributed by atoms with E-state index < -0.39 is 5.91 Å². The van der Waals surface area contributed by atoms with Crippen molar-refractivity contribution in [3.63, 3.8) is 0 Å². The third-order valence-electron chi connectivity index (χ3n) is 4.11. The van der Waals surface area contributed by atoms with Crippen LogP contribution in [0.3, 0.4) is 0 Å². The molecule has 6 heteroatoms. The van der Waals surface area contributed by atoms with E-state index in [9.17, 15) is 4.79 Å². The lowest BCUT2D eigenvalue weighted by atomic mass is 10.0. The lowest BCUT2D eigenvalue weighted by Crippen LogP contribution is -2.24. The normalized spacial score (nSPS) is 16.1. The molecule has 0 bridgehead atoms. The molecule has 0 spiro atoms. The first-order valence-electron chi connectivity index (χ1n) is 8.20. The van der Waals surface area contributed by atoms with Crippen LogP contribution in [0.5, 0.6) is 11.5 Å². The van der Waals surface area contributed by atoms with Crippen LogP contribution in [-0.4, -0.2) is 25.4 Å². The maximum Gasteiger partial charge on any atom is 0.255 e. The number of thioether (sulfide) groups is 1. The van der Waals surface area contributed by atoms with Crippen LogP contribution in [0.4, 0.5) is 0 Å². The molecule has 5 nitrogen and oxygen atoms in total. The average molecular weight is 358 g/mol. The van der Waals surface area contributed by atoms with Crippen LogP contribution in [0.25, 0.3) is 0 Å². The third kappa shape index (κ3) is 4.46. The summed E-state index contributed by atoms with van der Waals surface area (Å²) in [7, 11) is 1.58. The minimum Gasteiger partial charge on any atom is -0.493 e. The molecule has 0 unspecified atom stereocenters. The Morgan fingerprint density at radius 1 is 1.28 bits per heavy atom. The largest absolute Gasteiger partial charge is 0.493 e. The van der Waals surface area contributed by atoms with Crippen LogP contribution in [0.15, 0.2) is 47.4 Å². The lowest BCUT2D eigenvalue weighted by molar-refractivity contribution is -0.119. The monoisotopic (exact) mass is 358 g/mol. The molecule has 1 aliphatic rings. The van der Waals surface area contributed by atoms with E-state index in [1.807, 2.05) is 30.0 Å². The first kappa shape index (κ1) is 17.6. The Hall–Kier alpha value is -2.18. The fourth-order valence-corrected chi connectivity index (χ4v) is 4.01. The second-order valence-electron chi connectivity index (χ2n) is 5.85. The number of nitrogens with two attached hydrogens (primary N) is 1. The Morgan fingerprint density at radius 2 is 2.12 bits per heavy atom. The first-order valence-corrected chi connectivity index (χ1v) is 9.19. The van der Waals surface area contributed by atoms with Crippen LogP contribution < -0.4 is 20.5 Å². The molecule has 3 rings (SSSR count). The highest BCUT2D eigenvalue weighted by Crippen LogP contribution is 2.36. The van der Waals surface area contributed by atoms with Gasteiger partial charge in [-0.25, -0.2) is 0 Å². The number of ether oxygens (including phenoxy) is 2. The smallest absolute Gasteiger partial charge is 0.255 e. The maximum absolute atomic E-state index is 10.9. The van der Waals surface area contributed by atoms with Crippen molar-refractivity contribution in [2.24, 2.45) is 5.73 Å². The van der Waals surface area contributed by atoms with Crippen molar-refractivity contribution in [3.05, 3.63) is 53.6 Å². The van der Waals surface area contributed by atoms with Gasteiger partial charge in [-0.05, 0) is 41.5 Å². The van der Waals surface area contributed by atoms with Gasteiger partial charge in [0.1, 0.15) is 0 Å². The number of hydrogen-bond acceptors (Lipinski definition) is 5. The number of methoxy groups -OCH3 is 1. The predicted molar refractivity (Wildman–Crippen MR) is 99.0 cm³/mol. The molecule has 0 fully saturated rings. The van der Waals surface area contributed by atoms with Gasteiger partial charge in [0.15, 0.2) is 18.1 Å². The molecular formula is C19H22N2O3S. The number of rotatable bonds is 7. The van der Waals surface area contributed by atoms with Crippen LogP contribution in [0.2, 0.25) is 0 Å². The van der Waals surface area contributed by atoms with Gasteiger partial charge < -0.3 is 20.5 Å². The van der Waals surface area contributed by atoms with E-state index in [1.165, 1.54) is 10.5 Å². The molecule has 1 heterocycles. The van der Waals surface area contributed by atoms with Crippen molar-refractivity contribution < 1.29 is 14.3 Å². The van der Waals surface area contributed by atoms with Crippen molar-refractivity contribution >= 4 is 17.7 Å². The van der Waals surface area contributed by atoms with Gasteiger partial charge in [-0.1, -0.05) is 24.3 Å². The quantitative estimate of drug-likeness (QED) is 0.796. The summed E-state index contributed by atoms with van der Waals surface area (Å²) in [5, 5.41) is 3.63. The van der Waals surface area contributed by atoms with Gasteiger partial charge in [-0.3, -0.25) is 4.79 Å². The number of hydrogen-bond donors (Lipinski definition) is 2. The molecule has 3 N–H and O–H groups in total. The SMILES string of the molecule is COc1cc(CN[C@@H]2CCSc3ccccc32)ccc1OCC(N)=O. The molecule has 132 valence electrons. The minimum atomic E-state index is -0.512. The Morgan fingerprint density at radius 3 is 2.92 bits per heavy atom. The summed E-state index contributed by atoms with van der Waals surface area (Å²) in [6, 6.07) is 14.6. The summed E-state index contributed by atoms with van der Waals surface area (Å²) in [6.07, 6.45) is 1.11. The molecule has 0 saturated carbocycles. The fraction of sp³-hybridized carbons (Fsp3) is 0.316. The van der Waals surface area contributed by atoms with E-state index in [2.05, 4.69) is 29.6 Å². The molecule has 0 saturated heterocycles. The van der Waals surface area contributed by atoms with E-state index >= 15 is 0 Å². The number of benzene rings is 2. The van der Waals surface area contributed by atoms with E-state index in [1.54, 1.807) is 7.11 Å². The second kappa shape index (κ2) is 8.27. The molecule has 2 aromatic rings. The Bertz CT molecular complexity index is 751. The van der Waals surface area contributed by atoms with E-state index in [4.69, 9.17) is 15.2 Å². The van der Waals surface area contributed by atoms with Crippen LogP contribution in [0.1, 0.15) is 23.6 Å². The predicted octanol–water partition coefficient (Wildman–Crippen LogP) is 2.89. The number of carbonyl (C=O) groups is 1. The van der Waals surface area contributed by atoms with Crippen molar-refractivity contribution in [2.75, 3.05) is 19.5 Å². The summed E-state index contributed by atoms with van der Waals surface area (Å²) in [5.41, 5.74) is 7.58. The molecular weight excluding hydrogens is 336 g/mol. The Labute approximate surface area is 151 Å². The summed E-state index contributed by atoms with van der Waals surface area (Å²) >= 11 is 1.92. The van der Waals surface area contributed by atoms with Crippen LogP contribution in [-0.2, 0) is 11.3 Å². The van der Waals surface area contributed by atoms with Gasteiger partial charge in [0.2, 0.25) is 0 Å². The summed E-state index contributed by atoms with van der Waals surface area (Å²) in [6.45, 7) is 0.570. The van der Waals surface area contributed by atoms with Gasteiger partial charge >= 0.3 is 0 Å². The highest BCUT2D eigenvalue weighted by Gasteiger charge is 2.19. The zero-order chi connectivity index (χ0) is 17.6. The standard InChI is InChI=1S/C19H22N2O3S/c1-23-17-10-13(6-7-16(17)24-12-19(20)22)11-21-15-8-9-25-18-5-3-2-4-14(15)18/h2-7,10,15,21H,8-9,11-12H2,1H3,(H2,20,22)/t15-/m1/s1. The van der Waals surface area contributed by atoms with E-state index in [-0.39, 0.29) is 6.61 Å². The second-order valence-corrected chi connectivity index (χ2v) is 6.99. The van der Waals surface area contributed by atoms with Gasteiger partial charge in [-0.2, -0.15) is 0 Å². The maximum atomic E-state index is 10.9. The third-order valence-corrected chi connectivity index (χ3v) is 5.23. The average Bonchev–Trinajstić information content (AvgIpc) is 2.64. The van der Waals surface area contributed by atoms with Gasteiger partial charge in [0.05, 0.1) is 7.11 Å². The first-order chi connectivity index (χ1) is 12.2. The lowest BCUT2D eigenvalue weighted by Gasteiger charge is -2.26. The molecule has 0 aliphatic carbocycles. The summed E-state index contributed by atoms with van der Waals surface area (Å²) < 4.78 is 10.7. The van der Waals surface area contributed by atoms with Crippen molar-refractivity contribution in [1.29, 1.82) is 0 Å². The van der Waals surface area contributed by atoms with Crippen molar-refractivity contribution in [2.45, 2.75) is 23.9 Å². The van der Waals surface area contributed by atoms with Gasteiger partial charge in [-0.15, -0.1) is 11.8 Å². The number of primary amides is 1. The topological polar surface area (TPSA) is 73.6 Å². The Balaban J connectivity index is 1.67. The molecule has 1 atom stereocenters. The zero-order valence-electron chi connectivity index (χ0n) is 14.2. The highest BCUT2D eigenvalue weighted by atomic mass is 32.2. The zero-order valence-corrected chi connectivity index (χ0v) is 15.0. The van der Waals surface area contributed by atoms with Crippen LogP contribution in [0, 0.1) is 0 Å². The molecule has 1 aliphatic heterocycles. The van der Waals surface area contributed by atoms with Crippen molar-refractivity contribution in [1.82, 2.24) is 5.32 Å². The van der Waals surface area contributed by atoms with Crippen LogP contribution >= 0.6 is 11.8 Å². The minimum absolute atomic E-state index is 0.162. The number of amides is 1. The molecule has 0 radical (unpaired) electrons. The molecule has 0 aromatic heterocycles. The van der Waals surface area contributed by atoms with Gasteiger partial charge in [0, 0.05) is 17.5 Å². The summed E-state index contributed by atoms with van der Waals surface area (Å²) in [4.78, 5) is 12.2.